The van der Waals surface area contributed by atoms with Gasteiger partial charge in [-0.05, 0) is 63.9 Å². The molecule has 0 unspecified atom stereocenters. The van der Waals surface area contributed by atoms with Gasteiger partial charge in [-0.3, -0.25) is 0 Å². The molecule has 0 saturated heterocycles. The molecule has 1 N–H and O–H groups in total. The van der Waals surface area contributed by atoms with Crippen molar-refractivity contribution in [2.75, 3.05) is 12.4 Å². The molecule has 0 spiro atoms. The number of carbonyl (C=O) groups is 1. The number of hydrogen-bond donors (Lipinski definition) is 1. The second-order valence-corrected chi connectivity index (χ2v) is 7.17. The van der Waals surface area contributed by atoms with E-state index in [-0.39, 0.29) is 5.97 Å². The zero-order valence-electron chi connectivity index (χ0n) is 14.9. The summed E-state index contributed by atoms with van der Waals surface area (Å²) in [5.41, 5.74) is 5.25. The molecule has 0 radical (unpaired) electrons. The van der Waals surface area contributed by atoms with E-state index in [0.717, 1.165) is 12.2 Å². The molecule has 0 aliphatic carbocycles. The van der Waals surface area contributed by atoms with Crippen LogP contribution >= 0.6 is 11.3 Å². The average molecular weight is 373 g/mol. The highest BCUT2D eigenvalue weighted by Gasteiger charge is 2.08. The topological polar surface area (TPSA) is 38.3 Å². The Morgan fingerprint density at radius 1 is 0.963 bits per heavy atom. The van der Waals surface area contributed by atoms with Crippen LogP contribution in [-0.4, -0.2) is 13.1 Å². The van der Waals surface area contributed by atoms with Crippen molar-refractivity contribution in [2.45, 2.75) is 6.54 Å². The molecule has 0 aliphatic heterocycles. The summed E-state index contributed by atoms with van der Waals surface area (Å²) in [6.07, 6.45) is 0. The van der Waals surface area contributed by atoms with Gasteiger partial charge in [0.15, 0.2) is 0 Å². The summed E-state index contributed by atoms with van der Waals surface area (Å²) in [4.78, 5) is 11.5. The maximum atomic E-state index is 11.5. The van der Waals surface area contributed by atoms with Crippen LogP contribution < -0.4 is 5.32 Å². The molecule has 0 atom stereocenters. The number of hydrogen-bond acceptors (Lipinski definition) is 4. The van der Waals surface area contributed by atoms with E-state index in [4.69, 9.17) is 4.74 Å². The maximum Gasteiger partial charge on any atom is 0.337 e. The second-order valence-electron chi connectivity index (χ2n) is 6.26. The van der Waals surface area contributed by atoms with E-state index in [9.17, 15) is 4.79 Å². The molecular weight excluding hydrogens is 354 g/mol. The monoisotopic (exact) mass is 373 g/mol. The fourth-order valence-electron chi connectivity index (χ4n) is 3.07. The molecule has 4 aromatic rings. The predicted molar refractivity (Wildman–Crippen MR) is 112 cm³/mol. The minimum atomic E-state index is -0.321. The highest BCUT2D eigenvalue weighted by Crippen LogP contribution is 2.31. The summed E-state index contributed by atoms with van der Waals surface area (Å²) in [6, 6.07) is 24.4. The lowest BCUT2D eigenvalue weighted by atomic mass is 10.0. The number of benzene rings is 3. The van der Waals surface area contributed by atoms with Gasteiger partial charge in [0.1, 0.15) is 0 Å². The molecule has 134 valence electrons. The molecule has 3 nitrogen and oxygen atoms in total. The van der Waals surface area contributed by atoms with Crippen LogP contribution in [0.5, 0.6) is 0 Å². The molecule has 0 amide bonds. The SMILES string of the molecule is COC(=O)c1ccc(NCc2csc3ccc(-c4ccccc4)cc23)cc1. The first-order valence-corrected chi connectivity index (χ1v) is 9.60. The Bertz CT molecular complexity index is 1070. The van der Waals surface area contributed by atoms with Crippen molar-refractivity contribution < 1.29 is 9.53 Å². The Hall–Kier alpha value is -3.11. The Kier molecular flexibility index (Phi) is 4.90. The molecule has 0 bridgehead atoms. The van der Waals surface area contributed by atoms with E-state index in [2.05, 4.69) is 53.2 Å². The van der Waals surface area contributed by atoms with E-state index in [1.807, 2.05) is 18.2 Å². The van der Waals surface area contributed by atoms with Crippen LogP contribution in [0, 0.1) is 0 Å². The number of esters is 1. The number of ether oxygens (including phenoxy) is 1. The molecule has 4 heteroatoms. The number of nitrogens with one attached hydrogen (secondary N) is 1. The third-order valence-corrected chi connectivity index (χ3v) is 5.56. The van der Waals surface area contributed by atoms with Gasteiger partial charge in [0, 0.05) is 16.9 Å². The van der Waals surface area contributed by atoms with Gasteiger partial charge in [-0.25, -0.2) is 4.79 Å². The highest BCUT2D eigenvalue weighted by molar-refractivity contribution is 7.17. The molecule has 0 aliphatic rings. The lowest BCUT2D eigenvalue weighted by molar-refractivity contribution is 0.0601. The van der Waals surface area contributed by atoms with Crippen LogP contribution in [0.25, 0.3) is 21.2 Å². The van der Waals surface area contributed by atoms with Crippen molar-refractivity contribution in [1.82, 2.24) is 0 Å². The van der Waals surface area contributed by atoms with Crippen molar-refractivity contribution >= 4 is 33.1 Å². The van der Waals surface area contributed by atoms with Gasteiger partial charge in [0.05, 0.1) is 12.7 Å². The third-order valence-electron chi connectivity index (χ3n) is 4.55. The largest absolute Gasteiger partial charge is 0.465 e. The van der Waals surface area contributed by atoms with Crippen LogP contribution in [0.2, 0.25) is 0 Å². The number of methoxy groups -OCH3 is 1. The maximum absolute atomic E-state index is 11.5. The van der Waals surface area contributed by atoms with E-state index >= 15 is 0 Å². The van der Waals surface area contributed by atoms with E-state index in [1.165, 1.54) is 33.9 Å². The normalized spacial score (nSPS) is 10.7. The molecule has 0 fully saturated rings. The summed E-state index contributed by atoms with van der Waals surface area (Å²) >= 11 is 1.76. The Morgan fingerprint density at radius 3 is 2.48 bits per heavy atom. The van der Waals surface area contributed by atoms with Gasteiger partial charge < -0.3 is 10.1 Å². The van der Waals surface area contributed by atoms with E-state index in [1.54, 1.807) is 23.5 Å². The van der Waals surface area contributed by atoms with Crippen LogP contribution in [0.3, 0.4) is 0 Å². The fourth-order valence-corrected chi connectivity index (χ4v) is 4.01. The Labute approximate surface area is 162 Å². The van der Waals surface area contributed by atoms with Crippen molar-refractivity contribution in [2.24, 2.45) is 0 Å². The highest BCUT2D eigenvalue weighted by atomic mass is 32.1. The van der Waals surface area contributed by atoms with Crippen LogP contribution in [0.1, 0.15) is 15.9 Å². The van der Waals surface area contributed by atoms with Gasteiger partial charge in [-0.1, -0.05) is 36.4 Å². The molecule has 27 heavy (non-hydrogen) atoms. The van der Waals surface area contributed by atoms with Gasteiger partial charge in [0.25, 0.3) is 0 Å². The molecular formula is C23H19NO2S. The van der Waals surface area contributed by atoms with Gasteiger partial charge >= 0.3 is 5.97 Å². The number of rotatable bonds is 5. The van der Waals surface area contributed by atoms with Gasteiger partial charge in [0.2, 0.25) is 0 Å². The first kappa shape index (κ1) is 17.3. The zero-order valence-corrected chi connectivity index (χ0v) is 15.8. The molecule has 4 rings (SSSR count). The van der Waals surface area contributed by atoms with Gasteiger partial charge in [-0.15, -0.1) is 11.3 Å². The number of fused-ring (bicyclic) bond motifs is 1. The molecule has 3 aromatic carbocycles. The van der Waals surface area contributed by atoms with E-state index in [0.29, 0.717) is 5.56 Å². The smallest absolute Gasteiger partial charge is 0.337 e. The van der Waals surface area contributed by atoms with Crippen molar-refractivity contribution in [3.8, 4) is 11.1 Å². The summed E-state index contributed by atoms with van der Waals surface area (Å²) in [5, 5.41) is 6.92. The lowest BCUT2D eigenvalue weighted by Gasteiger charge is -2.08. The predicted octanol–water partition coefficient (Wildman–Crippen LogP) is 5.97. The molecule has 1 aromatic heterocycles. The minimum absolute atomic E-state index is 0.321. The standard InChI is InChI=1S/C23H19NO2S/c1-26-23(25)17-7-10-20(11-8-17)24-14-19-15-27-22-12-9-18(13-21(19)22)16-5-3-2-4-6-16/h2-13,15,24H,14H2,1H3. The first-order chi connectivity index (χ1) is 13.2. The summed E-state index contributed by atoms with van der Waals surface area (Å²) < 4.78 is 6.02. The minimum Gasteiger partial charge on any atom is -0.465 e. The zero-order chi connectivity index (χ0) is 18.6. The van der Waals surface area contributed by atoms with Gasteiger partial charge in [-0.2, -0.15) is 0 Å². The fraction of sp³-hybridized carbons (Fsp3) is 0.0870. The number of thiophene rings is 1. The summed E-state index contributed by atoms with van der Waals surface area (Å²) in [5.74, 6) is -0.321. The Morgan fingerprint density at radius 2 is 1.74 bits per heavy atom. The van der Waals surface area contributed by atoms with Crippen LogP contribution in [0.4, 0.5) is 5.69 Å². The third kappa shape index (κ3) is 3.71. The van der Waals surface area contributed by atoms with Crippen LogP contribution in [-0.2, 0) is 11.3 Å². The number of carbonyl (C=O) groups excluding carboxylic acids is 1. The van der Waals surface area contributed by atoms with Crippen LogP contribution in [0.15, 0.2) is 78.2 Å². The summed E-state index contributed by atoms with van der Waals surface area (Å²) in [6.45, 7) is 0.732. The van der Waals surface area contributed by atoms with Crippen molar-refractivity contribution in [3.63, 3.8) is 0 Å². The number of anilines is 1. The summed E-state index contributed by atoms with van der Waals surface area (Å²) in [7, 11) is 1.39. The van der Waals surface area contributed by atoms with Crippen molar-refractivity contribution in [3.05, 3.63) is 89.3 Å². The quantitative estimate of drug-likeness (QED) is 0.438. The van der Waals surface area contributed by atoms with Crippen molar-refractivity contribution in [1.29, 1.82) is 0 Å². The van der Waals surface area contributed by atoms with E-state index < -0.39 is 0 Å². The Balaban J connectivity index is 1.54. The lowest BCUT2D eigenvalue weighted by Crippen LogP contribution is -2.02. The molecule has 1 heterocycles. The first-order valence-electron chi connectivity index (χ1n) is 8.72. The average Bonchev–Trinajstić information content (AvgIpc) is 3.15. The molecule has 0 saturated carbocycles. The second kappa shape index (κ2) is 7.64.